The Bertz CT molecular complexity index is 966. The summed E-state index contributed by atoms with van der Waals surface area (Å²) in [5, 5.41) is 3.06. The van der Waals surface area contributed by atoms with Crippen LogP contribution in [-0.4, -0.2) is 24.0 Å². The second kappa shape index (κ2) is 9.40. The van der Waals surface area contributed by atoms with E-state index < -0.39 is 5.60 Å². The number of hydrogen-bond acceptors (Lipinski definition) is 4. The van der Waals surface area contributed by atoms with Crippen LogP contribution in [0.4, 0.5) is 5.69 Å². The number of anilines is 1. The Balaban J connectivity index is 2.54. The van der Waals surface area contributed by atoms with Crippen LogP contribution in [-0.2, 0) is 5.41 Å². The van der Waals surface area contributed by atoms with Gasteiger partial charge in [-0.2, -0.15) is 0 Å². The lowest BCUT2D eigenvalue weighted by molar-refractivity contribution is 0.104. The molecule has 32 heavy (non-hydrogen) atoms. The van der Waals surface area contributed by atoms with Crippen LogP contribution in [0.15, 0.2) is 42.5 Å². The highest BCUT2D eigenvalue weighted by atomic mass is 16.5. The maximum absolute atomic E-state index is 12.8. The van der Waals surface area contributed by atoms with Gasteiger partial charge in [-0.1, -0.05) is 20.8 Å². The number of ether oxygens (including phenoxy) is 2. The fraction of sp³-hybridized carbons (Fsp3) is 0.464. The lowest BCUT2D eigenvalue weighted by atomic mass is 9.85. The van der Waals surface area contributed by atoms with Gasteiger partial charge in [0.15, 0.2) is 5.78 Å². The highest BCUT2D eigenvalue weighted by Crippen LogP contribution is 2.40. The van der Waals surface area contributed by atoms with E-state index in [1.54, 1.807) is 6.08 Å². The van der Waals surface area contributed by atoms with Crippen molar-refractivity contribution < 1.29 is 14.3 Å². The minimum atomic E-state index is -0.391. The average Bonchev–Trinajstić information content (AvgIpc) is 2.63. The molecule has 174 valence electrons. The quantitative estimate of drug-likeness (QED) is 0.381. The summed E-state index contributed by atoms with van der Waals surface area (Å²) in [5.41, 5.74) is 2.66. The number of allylic oxidation sites excluding steroid dienone is 1. The third kappa shape index (κ3) is 7.44. The zero-order chi connectivity index (χ0) is 24.3. The summed E-state index contributed by atoms with van der Waals surface area (Å²) in [6.45, 7) is 18.6. The molecule has 0 amide bonds. The van der Waals surface area contributed by atoms with Gasteiger partial charge in [-0.05, 0) is 89.4 Å². The molecular formula is C28H39NO3. The molecule has 0 unspecified atom stereocenters. The zero-order valence-corrected chi connectivity index (χ0v) is 21.3. The topological polar surface area (TPSA) is 47.6 Å². The third-order valence-corrected chi connectivity index (χ3v) is 4.62. The van der Waals surface area contributed by atoms with E-state index in [-0.39, 0.29) is 16.8 Å². The molecule has 1 N–H and O–H groups in total. The first kappa shape index (κ1) is 25.5. The van der Waals surface area contributed by atoms with Crippen molar-refractivity contribution in [2.75, 3.05) is 12.4 Å². The highest BCUT2D eigenvalue weighted by molar-refractivity contribution is 6.07. The molecule has 2 aromatic carbocycles. The molecule has 0 radical (unpaired) electrons. The second-order valence-corrected chi connectivity index (χ2v) is 11.1. The zero-order valence-electron chi connectivity index (χ0n) is 21.3. The molecule has 0 spiro atoms. The van der Waals surface area contributed by atoms with Crippen LogP contribution < -0.4 is 14.8 Å². The molecule has 0 aliphatic carbocycles. The normalized spacial score (nSPS) is 12.7. The van der Waals surface area contributed by atoms with Crippen molar-refractivity contribution in [2.24, 2.45) is 0 Å². The van der Waals surface area contributed by atoms with Crippen LogP contribution in [0.1, 0.15) is 83.8 Å². The summed E-state index contributed by atoms with van der Waals surface area (Å²) < 4.78 is 12.6. The fourth-order valence-electron chi connectivity index (χ4n) is 3.19. The molecule has 0 aliphatic heterocycles. The Kier molecular flexibility index (Phi) is 7.49. The van der Waals surface area contributed by atoms with Gasteiger partial charge in [0, 0.05) is 35.5 Å². The summed E-state index contributed by atoms with van der Waals surface area (Å²) in [5.74, 6) is 1.44. The molecule has 0 aromatic heterocycles. The van der Waals surface area contributed by atoms with Crippen molar-refractivity contribution in [2.45, 2.75) is 78.9 Å². The van der Waals surface area contributed by atoms with Gasteiger partial charge in [-0.25, -0.2) is 0 Å². The van der Waals surface area contributed by atoms with E-state index in [1.165, 1.54) is 0 Å². The molecule has 0 bridgehead atoms. The van der Waals surface area contributed by atoms with Gasteiger partial charge in [-0.15, -0.1) is 0 Å². The molecule has 2 aromatic rings. The number of nitrogens with one attached hydrogen (secondary N) is 1. The Morgan fingerprint density at radius 1 is 0.812 bits per heavy atom. The van der Waals surface area contributed by atoms with Crippen molar-refractivity contribution in [3.63, 3.8) is 0 Å². The largest absolute Gasteiger partial charge is 0.488 e. The summed E-state index contributed by atoms with van der Waals surface area (Å²) >= 11 is 0. The molecule has 0 fully saturated rings. The molecule has 0 saturated carbocycles. The molecule has 4 nitrogen and oxygen atoms in total. The smallest absolute Gasteiger partial charge is 0.185 e. The van der Waals surface area contributed by atoms with Crippen LogP contribution >= 0.6 is 0 Å². The van der Waals surface area contributed by atoms with Crippen LogP contribution in [0, 0.1) is 0 Å². The van der Waals surface area contributed by atoms with Crippen LogP contribution in [0.5, 0.6) is 11.5 Å². The van der Waals surface area contributed by atoms with Crippen molar-refractivity contribution in [3.8, 4) is 11.5 Å². The first-order chi connectivity index (χ1) is 14.6. The van der Waals surface area contributed by atoms with Gasteiger partial charge in [-0.3, -0.25) is 4.79 Å². The van der Waals surface area contributed by atoms with Crippen molar-refractivity contribution >= 4 is 17.5 Å². The molecule has 4 heteroatoms. The second-order valence-electron chi connectivity index (χ2n) is 11.1. The van der Waals surface area contributed by atoms with Crippen LogP contribution in [0.3, 0.4) is 0 Å². The standard InChI is InChI=1S/C28H39NO3/c1-26(2,3)22-17-20(13-16-23(30)19-11-14-21(29-10)15-12-19)24(31-27(4,5)6)18-25(22)32-28(7,8)9/h11-18,29H,1-10H3/b16-13-. The number of carbonyl (C=O) groups excluding carboxylic acids is 1. The third-order valence-electron chi connectivity index (χ3n) is 4.62. The highest BCUT2D eigenvalue weighted by Gasteiger charge is 2.26. The Morgan fingerprint density at radius 3 is 1.81 bits per heavy atom. The molecular weight excluding hydrogens is 398 g/mol. The lowest BCUT2D eigenvalue weighted by Crippen LogP contribution is -2.27. The number of ketones is 1. The minimum Gasteiger partial charge on any atom is -0.488 e. The van der Waals surface area contributed by atoms with Crippen LogP contribution in [0.25, 0.3) is 6.08 Å². The summed E-state index contributed by atoms with van der Waals surface area (Å²) in [6.07, 6.45) is 3.45. The molecule has 2 rings (SSSR count). The van der Waals surface area contributed by atoms with E-state index in [4.69, 9.17) is 9.47 Å². The summed E-state index contributed by atoms with van der Waals surface area (Å²) in [7, 11) is 1.85. The predicted molar refractivity (Wildman–Crippen MR) is 135 cm³/mol. The Morgan fingerprint density at radius 2 is 1.34 bits per heavy atom. The number of hydrogen-bond donors (Lipinski definition) is 1. The van der Waals surface area contributed by atoms with Gasteiger partial charge >= 0.3 is 0 Å². The first-order valence-corrected chi connectivity index (χ1v) is 11.2. The Hall–Kier alpha value is -2.75. The number of carbonyl (C=O) groups is 1. The van der Waals surface area contributed by atoms with Crippen LogP contribution in [0.2, 0.25) is 0 Å². The van der Waals surface area contributed by atoms with Gasteiger partial charge in [0.25, 0.3) is 0 Å². The summed E-state index contributed by atoms with van der Waals surface area (Å²) in [6, 6.07) is 11.5. The predicted octanol–water partition coefficient (Wildman–Crippen LogP) is 7.28. The van der Waals surface area contributed by atoms with Gasteiger partial charge < -0.3 is 14.8 Å². The van der Waals surface area contributed by atoms with Crippen molar-refractivity contribution in [1.29, 1.82) is 0 Å². The van der Waals surface area contributed by atoms with E-state index in [1.807, 2.05) is 85.0 Å². The molecule has 0 aliphatic rings. The fourth-order valence-corrected chi connectivity index (χ4v) is 3.19. The van der Waals surface area contributed by atoms with E-state index in [2.05, 4.69) is 32.2 Å². The van der Waals surface area contributed by atoms with Gasteiger partial charge in [0.05, 0.1) is 0 Å². The van der Waals surface area contributed by atoms with Crippen molar-refractivity contribution in [3.05, 3.63) is 59.2 Å². The first-order valence-electron chi connectivity index (χ1n) is 11.2. The molecule has 0 atom stereocenters. The summed E-state index contributed by atoms with van der Waals surface area (Å²) in [4.78, 5) is 12.8. The van der Waals surface area contributed by atoms with E-state index >= 15 is 0 Å². The number of rotatable bonds is 6. The van der Waals surface area contributed by atoms with E-state index in [0.717, 1.165) is 22.6 Å². The van der Waals surface area contributed by atoms with Gasteiger partial charge in [0.1, 0.15) is 22.7 Å². The minimum absolute atomic E-state index is 0.0540. The van der Waals surface area contributed by atoms with E-state index in [9.17, 15) is 4.79 Å². The van der Waals surface area contributed by atoms with E-state index in [0.29, 0.717) is 11.3 Å². The molecule has 0 saturated heterocycles. The Labute approximate surface area is 194 Å². The maximum Gasteiger partial charge on any atom is 0.185 e. The van der Waals surface area contributed by atoms with Gasteiger partial charge in [0.2, 0.25) is 0 Å². The monoisotopic (exact) mass is 437 g/mol. The average molecular weight is 438 g/mol. The SMILES string of the molecule is CNc1ccc(C(=O)/C=C\c2cc(C(C)(C)C)c(OC(C)(C)C)cc2OC(C)(C)C)cc1. The van der Waals surface area contributed by atoms with Crippen molar-refractivity contribution in [1.82, 2.24) is 0 Å². The lowest BCUT2D eigenvalue weighted by Gasteiger charge is -2.30. The maximum atomic E-state index is 12.8. The number of benzene rings is 2. The molecule has 0 heterocycles.